The number of rotatable bonds is 7. The van der Waals surface area contributed by atoms with Gasteiger partial charge in [-0.3, -0.25) is 0 Å². The van der Waals surface area contributed by atoms with E-state index in [4.69, 9.17) is 0 Å². The summed E-state index contributed by atoms with van der Waals surface area (Å²) in [5, 5.41) is 12.4. The maximum absolute atomic E-state index is 2.48. The molecule has 2 heteroatoms. The van der Waals surface area contributed by atoms with Crippen LogP contribution in [-0.2, 0) is 0 Å². The molecule has 13 rings (SSSR count). The number of benzene rings is 12. The average molecular weight is 839 g/mol. The van der Waals surface area contributed by atoms with Crippen molar-refractivity contribution >= 4 is 82.0 Å². The summed E-state index contributed by atoms with van der Waals surface area (Å²) < 4.78 is 2.48. The smallest absolute Gasteiger partial charge is 0.0619 e. The number of hydrogen-bond acceptors (Lipinski definition) is 1. The SMILES string of the molecule is c1cc(-c2cccc3ccccc23)cc(N(c2ccc(-c3ccccc3-n3c4ccccc4c4ccc5ccccc5c43)cc2)c2ccc(-c3ccc4ccccc4c3)c3ccccc23)c1. The van der Waals surface area contributed by atoms with Gasteiger partial charge in [-0.2, -0.15) is 0 Å². The number of para-hydroxylation sites is 2. The van der Waals surface area contributed by atoms with Crippen molar-refractivity contribution in [1.82, 2.24) is 4.57 Å². The van der Waals surface area contributed by atoms with Crippen LogP contribution in [-0.4, -0.2) is 4.57 Å². The first-order chi connectivity index (χ1) is 32.7. The van der Waals surface area contributed by atoms with Gasteiger partial charge < -0.3 is 9.47 Å². The molecule has 0 amide bonds. The Balaban J connectivity index is 0.990. The Morgan fingerprint density at radius 2 is 0.848 bits per heavy atom. The first-order valence-electron chi connectivity index (χ1n) is 22.8. The highest BCUT2D eigenvalue weighted by Crippen LogP contribution is 2.45. The number of anilines is 3. The Morgan fingerprint density at radius 1 is 0.273 bits per heavy atom. The predicted octanol–water partition coefficient (Wildman–Crippen LogP) is 17.9. The molecule has 0 aliphatic rings. The van der Waals surface area contributed by atoms with E-state index in [1.54, 1.807) is 0 Å². The highest BCUT2D eigenvalue weighted by molar-refractivity contribution is 6.19. The molecule has 0 spiro atoms. The second kappa shape index (κ2) is 15.5. The van der Waals surface area contributed by atoms with Gasteiger partial charge in [0.25, 0.3) is 0 Å². The lowest BCUT2D eigenvalue weighted by atomic mass is 9.94. The Labute approximate surface area is 383 Å². The van der Waals surface area contributed by atoms with E-state index in [2.05, 4.69) is 264 Å². The zero-order chi connectivity index (χ0) is 43.6. The largest absolute Gasteiger partial charge is 0.310 e. The fourth-order valence-corrected chi connectivity index (χ4v) is 10.5. The van der Waals surface area contributed by atoms with E-state index in [0.717, 1.165) is 28.3 Å². The van der Waals surface area contributed by atoms with Crippen molar-refractivity contribution in [3.05, 3.63) is 255 Å². The Morgan fingerprint density at radius 3 is 1.70 bits per heavy atom. The molecule has 0 bridgehead atoms. The van der Waals surface area contributed by atoms with Crippen LogP contribution in [0.3, 0.4) is 0 Å². The van der Waals surface area contributed by atoms with Crippen LogP contribution in [0, 0.1) is 0 Å². The quantitative estimate of drug-likeness (QED) is 0.155. The maximum atomic E-state index is 2.48. The minimum absolute atomic E-state index is 1.08. The van der Waals surface area contributed by atoms with Gasteiger partial charge in [0.15, 0.2) is 0 Å². The van der Waals surface area contributed by atoms with Crippen LogP contribution in [0.1, 0.15) is 0 Å². The third-order valence-corrected chi connectivity index (χ3v) is 13.5. The third kappa shape index (κ3) is 6.18. The highest BCUT2D eigenvalue weighted by atomic mass is 15.1. The molecule has 66 heavy (non-hydrogen) atoms. The minimum atomic E-state index is 1.08. The van der Waals surface area contributed by atoms with Crippen LogP contribution in [0.25, 0.3) is 104 Å². The monoisotopic (exact) mass is 838 g/mol. The van der Waals surface area contributed by atoms with Crippen LogP contribution in [0.5, 0.6) is 0 Å². The molecule has 0 aliphatic heterocycles. The lowest BCUT2D eigenvalue weighted by Crippen LogP contribution is -2.11. The standard InChI is InChI=1S/C64H42N2/c1-2-18-47-41-49(32-31-43(47)15-1)54-39-40-63(58-26-8-7-25-57(54)58)65(51-21-13-20-48(42-51)53-28-14-19-44-16-3-5-22-52(44)53)50-36-33-46(34-37-50)55-23-9-11-29-61(55)66-62-30-12-10-27-59(62)60-38-35-45-17-4-6-24-56(45)64(60)66/h1-42H. The van der Waals surface area contributed by atoms with Gasteiger partial charge >= 0.3 is 0 Å². The van der Waals surface area contributed by atoms with Crippen LogP contribution in [0.4, 0.5) is 17.1 Å². The van der Waals surface area contributed by atoms with Gasteiger partial charge in [0.2, 0.25) is 0 Å². The molecule has 0 unspecified atom stereocenters. The first kappa shape index (κ1) is 37.8. The molecule has 308 valence electrons. The molecule has 13 aromatic rings. The van der Waals surface area contributed by atoms with Gasteiger partial charge in [0.05, 0.1) is 22.4 Å². The Bertz CT molecular complexity index is 4000. The third-order valence-electron chi connectivity index (χ3n) is 13.5. The van der Waals surface area contributed by atoms with Crippen molar-refractivity contribution in [2.45, 2.75) is 0 Å². The molecule has 2 nitrogen and oxygen atoms in total. The van der Waals surface area contributed by atoms with E-state index in [1.165, 1.54) is 92.7 Å². The first-order valence-corrected chi connectivity index (χ1v) is 22.8. The van der Waals surface area contributed by atoms with E-state index in [0.29, 0.717) is 0 Å². The van der Waals surface area contributed by atoms with Crippen molar-refractivity contribution < 1.29 is 0 Å². The van der Waals surface area contributed by atoms with E-state index in [1.807, 2.05) is 0 Å². The summed E-state index contributed by atoms with van der Waals surface area (Å²) >= 11 is 0. The minimum Gasteiger partial charge on any atom is -0.310 e. The Hall–Kier alpha value is -8.72. The molecule has 0 saturated heterocycles. The van der Waals surface area contributed by atoms with Gasteiger partial charge in [-0.15, -0.1) is 0 Å². The summed E-state index contributed by atoms with van der Waals surface area (Å²) in [7, 11) is 0. The van der Waals surface area contributed by atoms with Crippen LogP contribution >= 0.6 is 0 Å². The summed E-state index contributed by atoms with van der Waals surface area (Å²) in [4.78, 5) is 2.44. The van der Waals surface area contributed by atoms with Crippen LogP contribution in [0.2, 0.25) is 0 Å². The topological polar surface area (TPSA) is 8.17 Å². The predicted molar refractivity (Wildman–Crippen MR) is 282 cm³/mol. The summed E-state index contributed by atoms with van der Waals surface area (Å²) in [6.45, 7) is 0. The van der Waals surface area contributed by atoms with Crippen molar-refractivity contribution in [2.75, 3.05) is 4.90 Å². The van der Waals surface area contributed by atoms with E-state index in [-0.39, 0.29) is 0 Å². The molecule has 1 aromatic heterocycles. The lowest BCUT2D eigenvalue weighted by Gasteiger charge is -2.28. The zero-order valence-electron chi connectivity index (χ0n) is 36.1. The molecule has 1 heterocycles. The van der Waals surface area contributed by atoms with E-state index in [9.17, 15) is 0 Å². The zero-order valence-corrected chi connectivity index (χ0v) is 36.1. The molecule has 0 saturated carbocycles. The molecule has 0 fully saturated rings. The van der Waals surface area contributed by atoms with Crippen molar-refractivity contribution in [3.8, 4) is 39.1 Å². The molecular formula is C64H42N2. The molecular weight excluding hydrogens is 797 g/mol. The van der Waals surface area contributed by atoms with Crippen molar-refractivity contribution in [2.24, 2.45) is 0 Å². The fourth-order valence-electron chi connectivity index (χ4n) is 10.5. The normalized spacial score (nSPS) is 11.6. The van der Waals surface area contributed by atoms with Crippen molar-refractivity contribution in [3.63, 3.8) is 0 Å². The summed E-state index contributed by atoms with van der Waals surface area (Å²) in [5.74, 6) is 0. The molecule has 0 N–H and O–H groups in total. The van der Waals surface area contributed by atoms with Gasteiger partial charge in [-0.1, -0.05) is 206 Å². The number of aromatic nitrogens is 1. The second-order valence-corrected chi connectivity index (χ2v) is 17.3. The average Bonchev–Trinajstić information content (AvgIpc) is 3.73. The van der Waals surface area contributed by atoms with Gasteiger partial charge in [-0.25, -0.2) is 0 Å². The lowest BCUT2D eigenvalue weighted by molar-refractivity contribution is 1.19. The molecule has 12 aromatic carbocycles. The van der Waals surface area contributed by atoms with Crippen LogP contribution < -0.4 is 4.90 Å². The van der Waals surface area contributed by atoms with Gasteiger partial charge in [0.1, 0.15) is 0 Å². The van der Waals surface area contributed by atoms with Gasteiger partial charge in [-0.05, 0) is 109 Å². The summed E-state index contributed by atoms with van der Waals surface area (Å²) in [6.07, 6.45) is 0. The summed E-state index contributed by atoms with van der Waals surface area (Å²) in [6, 6.07) is 93.4. The molecule has 0 radical (unpaired) electrons. The van der Waals surface area contributed by atoms with Gasteiger partial charge in [0, 0.05) is 38.5 Å². The van der Waals surface area contributed by atoms with E-state index >= 15 is 0 Å². The highest BCUT2D eigenvalue weighted by Gasteiger charge is 2.21. The molecule has 0 aliphatic carbocycles. The van der Waals surface area contributed by atoms with E-state index < -0.39 is 0 Å². The molecule has 0 atom stereocenters. The maximum Gasteiger partial charge on any atom is 0.0619 e. The fraction of sp³-hybridized carbons (Fsp3) is 0. The number of hydrogen-bond donors (Lipinski definition) is 0. The number of fused-ring (bicyclic) bond motifs is 8. The Kier molecular flexibility index (Phi) is 8.89. The summed E-state index contributed by atoms with van der Waals surface area (Å²) in [5.41, 5.74) is 14.0. The van der Waals surface area contributed by atoms with Crippen LogP contribution in [0.15, 0.2) is 255 Å². The van der Waals surface area contributed by atoms with Crippen molar-refractivity contribution in [1.29, 1.82) is 0 Å². The second-order valence-electron chi connectivity index (χ2n) is 17.3. The number of nitrogens with zero attached hydrogens (tertiary/aromatic N) is 2.